The molecule has 0 amide bonds. The SMILES string of the molecule is Cc1cccnc1/C(=C\c1cnn(C)c1)OC#N. The van der Waals surface area contributed by atoms with Crippen molar-refractivity contribution < 1.29 is 4.74 Å². The molecular formula is C13H12N4O. The molecule has 2 aromatic heterocycles. The Morgan fingerprint density at radius 3 is 3.00 bits per heavy atom. The molecule has 0 aliphatic rings. The zero-order valence-corrected chi connectivity index (χ0v) is 10.2. The monoisotopic (exact) mass is 240 g/mol. The van der Waals surface area contributed by atoms with E-state index in [9.17, 15) is 0 Å². The van der Waals surface area contributed by atoms with Crippen molar-refractivity contribution in [3.05, 3.63) is 47.5 Å². The van der Waals surface area contributed by atoms with Gasteiger partial charge in [0.05, 0.1) is 6.20 Å². The lowest BCUT2D eigenvalue weighted by Gasteiger charge is -2.05. The van der Waals surface area contributed by atoms with Crippen LogP contribution in [0, 0.1) is 18.4 Å². The minimum Gasteiger partial charge on any atom is -0.386 e. The maximum absolute atomic E-state index is 8.71. The molecule has 0 saturated carbocycles. The number of hydrogen-bond acceptors (Lipinski definition) is 4. The molecule has 5 nitrogen and oxygen atoms in total. The summed E-state index contributed by atoms with van der Waals surface area (Å²) < 4.78 is 6.67. The van der Waals surface area contributed by atoms with E-state index in [4.69, 9.17) is 10.00 Å². The molecule has 90 valence electrons. The van der Waals surface area contributed by atoms with Gasteiger partial charge in [0.1, 0.15) is 5.69 Å². The van der Waals surface area contributed by atoms with Crippen LogP contribution in [0.1, 0.15) is 16.8 Å². The summed E-state index contributed by atoms with van der Waals surface area (Å²) in [6, 6.07) is 3.76. The van der Waals surface area contributed by atoms with Gasteiger partial charge in [-0.05, 0) is 24.6 Å². The van der Waals surface area contributed by atoms with Crippen molar-refractivity contribution in [3.8, 4) is 6.26 Å². The molecule has 0 aromatic carbocycles. The number of pyridine rings is 1. The van der Waals surface area contributed by atoms with Crippen molar-refractivity contribution in [2.75, 3.05) is 0 Å². The molecule has 0 atom stereocenters. The number of aryl methyl sites for hydroxylation is 2. The summed E-state index contributed by atoms with van der Waals surface area (Å²) in [4.78, 5) is 4.23. The van der Waals surface area contributed by atoms with Crippen LogP contribution in [0.4, 0.5) is 0 Å². The van der Waals surface area contributed by atoms with Gasteiger partial charge in [0, 0.05) is 25.0 Å². The number of ether oxygens (including phenoxy) is 1. The van der Waals surface area contributed by atoms with E-state index in [1.54, 1.807) is 29.4 Å². The van der Waals surface area contributed by atoms with Gasteiger partial charge in [0.2, 0.25) is 0 Å². The molecule has 2 rings (SSSR count). The lowest BCUT2D eigenvalue weighted by Crippen LogP contribution is -1.94. The molecule has 2 heterocycles. The first-order chi connectivity index (χ1) is 8.70. The second kappa shape index (κ2) is 5.15. The highest BCUT2D eigenvalue weighted by Gasteiger charge is 2.09. The van der Waals surface area contributed by atoms with Crippen LogP contribution < -0.4 is 0 Å². The van der Waals surface area contributed by atoms with Crippen LogP contribution in [0.15, 0.2) is 30.7 Å². The van der Waals surface area contributed by atoms with Crippen molar-refractivity contribution in [1.82, 2.24) is 14.8 Å². The van der Waals surface area contributed by atoms with E-state index in [-0.39, 0.29) is 0 Å². The highest BCUT2D eigenvalue weighted by molar-refractivity contribution is 5.76. The highest BCUT2D eigenvalue weighted by Crippen LogP contribution is 2.20. The zero-order chi connectivity index (χ0) is 13.0. The quantitative estimate of drug-likeness (QED) is 0.609. The Hall–Kier alpha value is -2.61. The fraction of sp³-hybridized carbons (Fsp3) is 0.154. The number of nitrogens with zero attached hydrogens (tertiary/aromatic N) is 4. The lowest BCUT2D eigenvalue weighted by molar-refractivity contribution is 0.463. The Balaban J connectivity index is 2.44. The third kappa shape index (κ3) is 2.55. The van der Waals surface area contributed by atoms with Gasteiger partial charge in [0.25, 0.3) is 6.26 Å². The smallest absolute Gasteiger partial charge is 0.292 e. The van der Waals surface area contributed by atoms with E-state index < -0.39 is 0 Å². The van der Waals surface area contributed by atoms with Crippen molar-refractivity contribution in [3.63, 3.8) is 0 Å². The van der Waals surface area contributed by atoms with Crippen molar-refractivity contribution >= 4 is 11.8 Å². The van der Waals surface area contributed by atoms with E-state index in [0.29, 0.717) is 11.5 Å². The molecule has 0 unspecified atom stereocenters. The number of nitriles is 1. The molecule has 0 radical (unpaired) electrons. The van der Waals surface area contributed by atoms with E-state index in [2.05, 4.69) is 10.1 Å². The van der Waals surface area contributed by atoms with Gasteiger partial charge in [-0.25, -0.2) is 0 Å². The summed E-state index contributed by atoms with van der Waals surface area (Å²) in [5.74, 6) is 0.420. The summed E-state index contributed by atoms with van der Waals surface area (Å²) in [6.07, 6.45) is 8.62. The molecule has 2 aromatic rings. The average Bonchev–Trinajstić information content (AvgIpc) is 2.75. The Morgan fingerprint density at radius 1 is 1.56 bits per heavy atom. The fourth-order valence-electron chi connectivity index (χ4n) is 1.61. The van der Waals surface area contributed by atoms with Crippen molar-refractivity contribution in [2.45, 2.75) is 6.92 Å². The van der Waals surface area contributed by atoms with Gasteiger partial charge in [-0.15, -0.1) is 5.26 Å². The van der Waals surface area contributed by atoms with Gasteiger partial charge in [-0.1, -0.05) is 6.07 Å². The predicted molar refractivity (Wildman–Crippen MR) is 66.8 cm³/mol. The van der Waals surface area contributed by atoms with Crippen LogP contribution in [0.5, 0.6) is 0 Å². The zero-order valence-electron chi connectivity index (χ0n) is 10.2. The maximum Gasteiger partial charge on any atom is 0.292 e. The first-order valence-corrected chi connectivity index (χ1v) is 5.39. The Kier molecular flexibility index (Phi) is 3.39. The van der Waals surface area contributed by atoms with E-state index in [1.165, 1.54) is 0 Å². The Bertz CT molecular complexity index is 622. The van der Waals surface area contributed by atoms with E-state index >= 15 is 0 Å². The molecule has 18 heavy (non-hydrogen) atoms. The van der Waals surface area contributed by atoms with Crippen LogP contribution in [-0.4, -0.2) is 14.8 Å². The Labute approximate surface area is 105 Å². The standard InChI is InChI=1S/C13H12N4O/c1-10-4-3-5-15-13(10)12(18-9-14)6-11-7-16-17(2)8-11/h3-8H,1-2H3/b12-6+. The van der Waals surface area contributed by atoms with Gasteiger partial charge in [0.15, 0.2) is 5.76 Å². The topological polar surface area (TPSA) is 63.7 Å². The number of hydrogen-bond donors (Lipinski definition) is 0. The van der Waals surface area contributed by atoms with Crippen LogP contribution >= 0.6 is 0 Å². The molecule has 0 N–H and O–H groups in total. The predicted octanol–water partition coefficient (Wildman–Crippen LogP) is 2.12. The molecule has 0 fully saturated rings. The summed E-state index contributed by atoms with van der Waals surface area (Å²) >= 11 is 0. The molecule has 0 aliphatic heterocycles. The van der Waals surface area contributed by atoms with Crippen LogP contribution in [-0.2, 0) is 11.8 Å². The van der Waals surface area contributed by atoms with Gasteiger partial charge in [-0.2, -0.15) is 5.10 Å². The molecule has 0 saturated heterocycles. The normalized spacial score (nSPS) is 11.1. The summed E-state index contributed by atoms with van der Waals surface area (Å²) in [6.45, 7) is 1.92. The third-order valence-electron chi connectivity index (χ3n) is 2.42. The molecule has 5 heteroatoms. The third-order valence-corrected chi connectivity index (χ3v) is 2.42. The highest BCUT2D eigenvalue weighted by atomic mass is 16.5. The molecule has 0 bridgehead atoms. The second-order valence-corrected chi connectivity index (χ2v) is 3.82. The summed E-state index contributed by atoms with van der Waals surface area (Å²) in [5, 5.41) is 12.8. The van der Waals surface area contributed by atoms with E-state index in [0.717, 1.165) is 11.1 Å². The van der Waals surface area contributed by atoms with Crippen LogP contribution in [0.3, 0.4) is 0 Å². The van der Waals surface area contributed by atoms with E-state index in [1.807, 2.05) is 32.3 Å². The van der Waals surface area contributed by atoms with Crippen molar-refractivity contribution in [2.24, 2.45) is 7.05 Å². The first-order valence-electron chi connectivity index (χ1n) is 5.39. The molecular weight excluding hydrogens is 228 g/mol. The Morgan fingerprint density at radius 2 is 2.39 bits per heavy atom. The van der Waals surface area contributed by atoms with Crippen LogP contribution in [0.25, 0.3) is 11.8 Å². The average molecular weight is 240 g/mol. The maximum atomic E-state index is 8.71. The minimum atomic E-state index is 0.420. The molecule has 0 aliphatic carbocycles. The van der Waals surface area contributed by atoms with Gasteiger partial charge in [-0.3, -0.25) is 9.67 Å². The molecule has 0 spiro atoms. The minimum absolute atomic E-state index is 0.420. The summed E-state index contributed by atoms with van der Waals surface area (Å²) in [7, 11) is 1.83. The number of aromatic nitrogens is 3. The second-order valence-electron chi connectivity index (χ2n) is 3.82. The largest absolute Gasteiger partial charge is 0.386 e. The van der Waals surface area contributed by atoms with Gasteiger partial charge < -0.3 is 4.74 Å². The van der Waals surface area contributed by atoms with Gasteiger partial charge >= 0.3 is 0 Å². The fourth-order valence-corrected chi connectivity index (χ4v) is 1.61. The van der Waals surface area contributed by atoms with Crippen molar-refractivity contribution in [1.29, 1.82) is 5.26 Å². The van der Waals surface area contributed by atoms with Crippen LogP contribution in [0.2, 0.25) is 0 Å². The first kappa shape index (κ1) is 11.9. The summed E-state index contributed by atoms with van der Waals surface area (Å²) in [5.41, 5.74) is 2.46. The lowest BCUT2D eigenvalue weighted by atomic mass is 10.1. The number of rotatable bonds is 3.